The maximum atomic E-state index is 13.3. The second-order valence-corrected chi connectivity index (χ2v) is 6.24. The zero-order valence-corrected chi connectivity index (χ0v) is 12.0. The van der Waals surface area contributed by atoms with Gasteiger partial charge >= 0.3 is 0 Å². The van der Waals surface area contributed by atoms with Crippen LogP contribution in [-0.4, -0.2) is 20.1 Å². The molecule has 1 aromatic rings. The molecule has 0 radical (unpaired) electrons. The van der Waals surface area contributed by atoms with E-state index in [9.17, 15) is 4.39 Å². The van der Waals surface area contributed by atoms with Gasteiger partial charge in [0.25, 0.3) is 0 Å². The topological polar surface area (TPSA) is 29.3 Å². The van der Waals surface area contributed by atoms with Gasteiger partial charge in [-0.25, -0.2) is 4.39 Å². The molecule has 1 saturated carbocycles. The van der Waals surface area contributed by atoms with Crippen LogP contribution in [0.3, 0.4) is 0 Å². The second kappa shape index (κ2) is 5.91. The Hall–Kier alpha value is -1.09. The van der Waals surface area contributed by atoms with E-state index >= 15 is 0 Å². The smallest absolute Gasteiger partial charge is 0.125 e. The molecule has 0 aliphatic heterocycles. The highest BCUT2D eigenvalue weighted by molar-refractivity contribution is 5.45. The van der Waals surface area contributed by atoms with Crippen molar-refractivity contribution in [2.75, 3.05) is 25.0 Å². The molecule has 3 heteroatoms. The lowest BCUT2D eigenvalue weighted by molar-refractivity contribution is 0.161. The van der Waals surface area contributed by atoms with Crippen LogP contribution in [0.15, 0.2) is 24.3 Å². The molecule has 1 aromatic carbocycles. The summed E-state index contributed by atoms with van der Waals surface area (Å²) in [5, 5.41) is 0. The average Bonchev–Trinajstić information content (AvgIpc) is 2.38. The predicted octanol–water partition coefficient (Wildman–Crippen LogP) is 3.42. The molecule has 2 nitrogen and oxygen atoms in total. The predicted molar refractivity (Wildman–Crippen MR) is 78.8 cm³/mol. The van der Waals surface area contributed by atoms with Crippen molar-refractivity contribution in [1.82, 2.24) is 0 Å². The van der Waals surface area contributed by atoms with Gasteiger partial charge in [0.15, 0.2) is 0 Å². The van der Waals surface area contributed by atoms with Crippen molar-refractivity contribution in [3.05, 3.63) is 30.1 Å². The molecule has 2 atom stereocenters. The molecule has 1 aliphatic rings. The summed E-state index contributed by atoms with van der Waals surface area (Å²) in [5.41, 5.74) is 7.19. The summed E-state index contributed by atoms with van der Waals surface area (Å²) in [7, 11) is 2.03. The van der Waals surface area contributed by atoms with Gasteiger partial charge in [-0.3, -0.25) is 0 Å². The number of hydrogen-bond donors (Lipinski definition) is 1. The molecule has 0 heterocycles. The van der Waals surface area contributed by atoms with E-state index < -0.39 is 0 Å². The van der Waals surface area contributed by atoms with Gasteiger partial charge in [-0.1, -0.05) is 25.8 Å². The Morgan fingerprint density at radius 2 is 2.26 bits per heavy atom. The summed E-state index contributed by atoms with van der Waals surface area (Å²) in [5.74, 6) is 0.571. The van der Waals surface area contributed by atoms with Crippen LogP contribution < -0.4 is 10.6 Å². The van der Waals surface area contributed by atoms with Crippen LogP contribution in [0, 0.1) is 17.2 Å². The number of benzene rings is 1. The van der Waals surface area contributed by atoms with Crippen LogP contribution in [-0.2, 0) is 0 Å². The Morgan fingerprint density at radius 1 is 1.47 bits per heavy atom. The van der Waals surface area contributed by atoms with Gasteiger partial charge in [0.2, 0.25) is 0 Å². The molecular weight excluding hydrogens is 239 g/mol. The lowest BCUT2D eigenvalue weighted by atomic mass is 9.70. The number of halogens is 1. The van der Waals surface area contributed by atoms with Crippen LogP contribution in [0.5, 0.6) is 0 Å². The molecule has 2 rings (SSSR count). The lowest BCUT2D eigenvalue weighted by Crippen LogP contribution is -2.44. The van der Waals surface area contributed by atoms with Crippen LogP contribution in [0.2, 0.25) is 0 Å². The van der Waals surface area contributed by atoms with Gasteiger partial charge in [0, 0.05) is 24.7 Å². The standard InChI is InChI=1S/C16H25FN2/c1-13-5-4-8-16(10-13,11-18)12-19(2)15-7-3-6-14(17)9-15/h3,6-7,9,13H,4-5,8,10-12,18H2,1-2H3. The fourth-order valence-corrected chi connectivity index (χ4v) is 3.47. The Morgan fingerprint density at radius 3 is 2.89 bits per heavy atom. The van der Waals surface area contributed by atoms with Crippen molar-refractivity contribution in [1.29, 1.82) is 0 Å². The third-order valence-electron chi connectivity index (χ3n) is 4.44. The van der Waals surface area contributed by atoms with E-state index in [1.54, 1.807) is 12.1 Å². The van der Waals surface area contributed by atoms with Crippen LogP contribution in [0.4, 0.5) is 10.1 Å². The molecule has 2 unspecified atom stereocenters. The van der Waals surface area contributed by atoms with Gasteiger partial charge in [-0.15, -0.1) is 0 Å². The molecular formula is C16H25FN2. The number of hydrogen-bond acceptors (Lipinski definition) is 2. The lowest BCUT2D eigenvalue weighted by Gasteiger charge is -2.42. The van der Waals surface area contributed by atoms with Crippen molar-refractivity contribution < 1.29 is 4.39 Å². The van der Waals surface area contributed by atoms with Gasteiger partial charge in [0.1, 0.15) is 5.82 Å². The van der Waals surface area contributed by atoms with Crippen LogP contribution in [0.1, 0.15) is 32.6 Å². The normalized spacial score (nSPS) is 27.3. The quantitative estimate of drug-likeness (QED) is 0.903. The van der Waals surface area contributed by atoms with E-state index in [1.807, 2.05) is 13.1 Å². The van der Waals surface area contributed by atoms with E-state index in [2.05, 4.69) is 11.8 Å². The first kappa shape index (κ1) is 14.3. The number of rotatable bonds is 4. The maximum Gasteiger partial charge on any atom is 0.125 e. The van der Waals surface area contributed by atoms with Gasteiger partial charge in [-0.2, -0.15) is 0 Å². The van der Waals surface area contributed by atoms with Crippen molar-refractivity contribution >= 4 is 5.69 Å². The van der Waals surface area contributed by atoms with Crippen LogP contribution >= 0.6 is 0 Å². The summed E-state index contributed by atoms with van der Waals surface area (Å²) in [6.07, 6.45) is 4.94. The number of nitrogens with zero attached hydrogens (tertiary/aromatic N) is 1. The highest BCUT2D eigenvalue weighted by Crippen LogP contribution is 2.39. The van der Waals surface area contributed by atoms with Gasteiger partial charge in [-0.05, 0) is 43.5 Å². The molecule has 2 N–H and O–H groups in total. The third kappa shape index (κ3) is 3.47. The monoisotopic (exact) mass is 264 g/mol. The molecule has 106 valence electrons. The second-order valence-electron chi connectivity index (χ2n) is 6.24. The highest BCUT2D eigenvalue weighted by atomic mass is 19.1. The molecule has 0 spiro atoms. The van der Waals surface area contributed by atoms with Gasteiger partial charge < -0.3 is 10.6 Å². The third-order valence-corrected chi connectivity index (χ3v) is 4.44. The van der Waals surface area contributed by atoms with Gasteiger partial charge in [0.05, 0.1) is 0 Å². The summed E-state index contributed by atoms with van der Waals surface area (Å²) < 4.78 is 13.3. The summed E-state index contributed by atoms with van der Waals surface area (Å²) in [4.78, 5) is 2.15. The van der Waals surface area contributed by atoms with Crippen molar-refractivity contribution in [3.63, 3.8) is 0 Å². The summed E-state index contributed by atoms with van der Waals surface area (Å²) in [6.45, 7) is 3.94. The van der Waals surface area contributed by atoms with E-state index in [4.69, 9.17) is 5.73 Å². The molecule has 0 amide bonds. The fraction of sp³-hybridized carbons (Fsp3) is 0.625. The average molecular weight is 264 g/mol. The summed E-state index contributed by atoms with van der Waals surface area (Å²) in [6, 6.07) is 6.80. The summed E-state index contributed by atoms with van der Waals surface area (Å²) >= 11 is 0. The van der Waals surface area contributed by atoms with Crippen LogP contribution in [0.25, 0.3) is 0 Å². The van der Waals surface area contributed by atoms with Crippen molar-refractivity contribution in [2.24, 2.45) is 17.1 Å². The first-order valence-electron chi connectivity index (χ1n) is 7.21. The Labute approximate surface area is 115 Å². The number of nitrogens with two attached hydrogens (primary N) is 1. The highest BCUT2D eigenvalue weighted by Gasteiger charge is 2.34. The molecule has 1 aliphatic carbocycles. The maximum absolute atomic E-state index is 13.3. The minimum atomic E-state index is -0.178. The van der Waals surface area contributed by atoms with E-state index in [0.717, 1.165) is 24.7 Å². The van der Waals surface area contributed by atoms with E-state index in [-0.39, 0.29) is 11.2 Å². The Balaban J connectivity index is 2.09. The zero-order chi connectivity index (χ0) is 13.9. The zero-order valence-electron chi connectivity index (χ0n) is 12.0. The minimum Gasteiger partial charge on any atom is -0.374 e. The Bertz CT molecular complexity index is 421. The number of anilines is 1. The van der Waals surface area contributed by atoms with E-state index in [1.165, 1.54) is 31.7 Å². The van der Waals surface area contributed by atoms with E-state index in [0.29, 0.717) is 0 Å². The molecule has 19 heavy (non-hydrogen) atoms. The van der Waals surface area contributed by atoms with Crippen molar-refractivity contribution in [3.8, 4) is 0 Å². The Kier molecular flexibility index (Phi) is 4.46. The molecule has 0 bridgehead atoms. The first-order valence-corrected chi connectivity index (χ1v) is 7.21. The first-order chi connectivity index (χ1) is 9.04. The molecule has 1 fully saturated rings. The largest absolute Gasteiger partial charge is 0.374 e. The van der Waals surface area contributed by atoms with Crippen molar-refractivity contribution in [2.45, 2.75) is 32.6 Å². The molecule has 0 saturated heterocycles. The molecule has 0 aromatic heterocycles. The fourth-order valence-electron chi connectivity index (χ4n) is 3.47. The SMILES string of the molecule is CC1CCCC(CN)(CN(C)c2cccc(F)c2)C1. The minimum absolute atomic E-state index is 0.178.